The normalized spacial score (nSPS) is 10.7. The zero-order chi connectivity index (χ0) is 16.1. The molecule has 6 heteroatoms. The average molecular weight is 366 g/mol. The second-order valence-corrected chi connectivity index (χ2v) is 5.13. The minimum absolute atomic E-state index is 0.0171. The number of pyridine rings is 1. The lowest BCUT2D eigenvalue weighted by Gasteiger charge is -2.08. The van der Waals surface area contributed by atoms with Crippen LogP contribution in [0, 0.1) is 5.82 Å². The SMILES string of the molecule is COC(=O)c1cc(C=Cc2ccc(Br)nc2)c(F)c(OC)c1. The number of hydrogen-bond donors (Lipinski definition) is 0. The number of halogens is 2. The van der Waals surface area contributed by atoms with E-state index in [1.165, 1.54) is 26.4 Å². The van der Waals surface area contributed by atoms with Crippen molar-refractivity contribution in [2.75, 3.05) is 14.2 Å². The highest BCUT2D eigenvalue weighted by atomic mass is 79.9. The lowest BCUT2D eigenvalue weighted by Crippen LogP contribution is -2.03. The van der Waals surface area contributed by atoms with Crippen LogP contribution in [0.15, 0.2) is 35.1 Å². The van der Waals surface area contributed by atoms with Gasteiger partial charge in [0.2, 0.25) is 0 Å². The van der Waals surface area contributed by atoms with E-state index in [1.807, 2.05) is 6.07 Å². The Morgan fingerprint density at radius 2 is 2.05 bits per heavy atom. The first-order valence-corrected chi connectivity index (χ1v) is 7.10. The highest BCUT2D eigenvalue weighted by Gasteiger charge is 2.14. The number of aromatic nitrogens is 1. The monoisotopic (exact) mass is 365 g/mol. The molecule has 1 aromatic carbocycles. The maximum Gasteiger partial charge on any atom is 0.338 e. The molecule has 4 nitrogen and oxygen atoms in total. The Bertz CT molecular complexity index is 714. The molecular formula is C16H13BrFNO3. The van der Waals surface area contributed by atoms with E-state index in [1.54, 1.807) is 24.4 Å². The van der Waals surface area contributed by atoms with Gasteiger partial charge in [0, 0.05) is 11.8 Å². The van der Waals surface area contributed by atoms with Crippen LogP contribution < -0.4 is 4.74 Å². The summed E-state index contributed by atoms with van der Waals surface area (Å²) >= 11 is 3.24. The van der Waals surface area contributed by atoms with Crippen molar-refractivity contribution < 1.29 is 18.7 Å². The van der Waals surface area contributed by atoms with E-state index >= 15 is 0 Å². The largest absolute Gasteiger partial charge is 0.494 e. The van der Waals surface area contributed by atoms with Crippen molar-refractivity contribution in [3.63, 3.8) is 0 Å². The van der Waals surface area contributed by atoms with E-state index in [-0.39, 0.29) is 16.9 Å². The fraction of sp³-hybridized carbons (Fsp3) is 0.125. The molecule has 114 valence electrons. The third kappa shape index (κ3) is 3.71. The lowest BCUT2D eigenvalue weighted by atomic mass is 10.1. The van der Waals surface area contributed by atoms with Gasteiger partial charge in [-0.15, -0.1) is 0 Å². The van der Waals surface area contributed by atoms with E-state index in [4.69, 9.17) is 4.74 Å². The summed E-state index contributed by atoms with van der Waals surface area (Å²) in [5, 5.41) is 0. The molecule has 0 fully saturated rings. The molecule has 0 atom stereocenters. The average Bonchev–Trinajstić information content (AvgIpc) is 2.54. The summed E-state index contributed by atoms with van der Waals surface area (Å²) in [6.07, 6.45) is 4.88. The van der Waals surface area contributed by atoms with Crippen molar-refractivity contribution in [3.8, 4) is 5.75 Å². The summed E-state index contributed by atoms with van der Waals surface area (Å²) < 4.78 is 24.6. The Morgan fingerprint density at radius 1 is 1.27 bits per heavy atom. The van der Waals surface area contributed by atoms with E-state index in [0.29, 0.717) is 4.60 Å². The second-order valence-electron chi connectivity index (χ2n) is 4.32. The maximum absolute atomic E-state index is 14.2. The van der Waals surface area contributed by atoms with Gasteiger partial charge in [0.15, 0.2) is 11.6 Å². The molecule has 0 N–H and O–H groups in total. The Morgan fingerprint density at radius 3 is 2.64 bits per heavy atom. The van der Waals surface area contributed by atoms with Crippen LogP contribution >= 0.6 is 15.9 Å². The van der Waals surface area contributed by atoms with Crippen molar-refractivity contribution in [2.24, 2.45) is 0 Å². The van der Waals surface area contributed by atoms with Gasteiger partial charge in [0.25, 0.3) is 0 Å². The summed E-state index contributed by atoms with van der Waals surface area (Å²) in [6.45, 7) is 0. The molecule has 1 aromatic heterocycles. The van der Waals surface area contributed by atoms with Gasteiger partial charge < -0.3 is 9.47 Å². The minimum atomic E-state index is -0.557. The summed E-state index contributed by atoms with van der Waals surface area (Å²) in [5.41, 5.74) is 1.24. The van der Waals surface area contributed by atoms with Crippen molar-refractivity contribution in [2.45, 2.75) is 0 Å². The van der Waals surface area contributed by atoms with Gasteiger partial charge in [-0.05, 0) is 39.7 Å². The van der Waals surface area contributed by atoms with Gasteiger partial charge in [-0.2, -0.15) is 0 Å². The van der Waals surface area contributed by atoms with Crippen LogP contribution in [0.4, 0.5) is 4.39 Å². The quantitative estimate of drug-likeness (QED) is 0.607. The molecule has 0 aliphatic carbocycles. The summed E-state index contributed by atoms with van der Waals surface area (Å²) in [7, 11) is 2.60. The van der Waals surface area contributed by atoms with Crippen molar-refractivity contribution in [3.05, 3.63) is 57.6 Å². The van der Waals surface area contributed by atoms with Crippen LogP contribution in [0.3, 0.4) is 0 Å². The van der Waals surface area contributed by atoms with Gasteiger partial charge in [-0.1, -0.05) is 18.2 Å². The molecule has 0 spiro atoms. The van der Waals surface area contributed by atoms with Gasteiger partial charge in [0.1, 0.15) is 4.60 Å². The van der Waals surface area contributed by atoms with E-state index in [0.717, 1.165) is 5.56 Å². The molecule has 0 saturated carbocycles. The lowest BCUT2D eigenvalue weighted by molar-refractivity contribution is 0.0600. The first kappa shape index (κ1) is 16.2. The molecule has 0 radical (unpaired) electrons. The number of rotatable bonds is 4. The number of methoxy groups -OCH3 is 2. The fourth-order valence-electron chi connectivity index (χ4n) is 1.80. The van der Waals surface area contributed by atoms with E-state index in [2.05, 4.69) is 25.7 Å². The number of nitrogens with zero attached hydrogens (tertiary/aromatic N) is 1. The summed E-state index contributed by atoms with van der Waals surface area (Å²) in [4.78, 5) is 15.7. The zero-order valence-electron chi connectivity index (χ0n) is 12.0. The smallest absolute Gasteiger partial charge is 0.338 e. The molecule has 0 unspecified atom stereocenters. The summed E-state index contributed by atoms with van der Waals surface area (Å²) in [6, 6.07) is 6.32. The highest BCUT2D eigenvalue weighted by Crippen LogP contribution is 2.25. The Kier molecular flexibility index (Phi) is 5.27. The van der Waals surface area contributed by atoms with Crippen molar-refractivity contribution in [1.82, 2.24) is 4.98 Å². The van der Waals surface area contributed by atoms with Crippen LogP contribution in [0.25, 0.3) is 12.2 Å². The van der Waals surface area contributed by atoms with E-state index < -0.39 is 11.8 Å². The highest BCUT2D eigenvalue weighted by molar-refractivity contribution is 9.10. The predicted octanol–water partition coefficient (Wildman–Crippen LogP) is 3.95. The Hall–Kier alpha value is -2.21. The number of benzene rings is 1. The molecule has 0 amide bonds. The first-order valence-electron chi connectivity index (χ1n) is 6.30. The number of hydrogen-bond acceptors (Lipinski definition) is 4. The predicted molar refractivity (Wildman–Crippen MR) is 85.2 cm³/mol. The molecule has 2 aromatic rings. The number of carbonyl (C=O) groups excluding carboxylic acids is 1. The molecular weight excluding hydrogens is 353 g/mol. The standard InChI is InChI=1S/C16H13BrFNO3/c1-21-13-8-12(16(20)22-2)7-11(15(13)18)5-3-10-4-6-14(17)19-9-10/h3-9H,1-2H3. The molecule has 0 aliphatic rings. The maximum atomic E-state index is 14.2. The van der Waals surface area contributed by atoms with E-state index in [9.17, 15) is 9.18 Å². The zero-order valence-corrected chi connectivity index (χ0v) is 13.6. The third-order valence-electron chi connectivity index (χ3n) is 2.91. The van der Waals surface area contributed by atoms with Crippen LogP contribution in [0.5, 0.6) is 5.75 Å². The number of esters is 1. The molecule has 2 rings (SSSR count). The van der Waals surface area contributed by atoms with Crippen LogP contribution in [0.2, 0.25) is 0 Å². The molecule has 0 saturated heterocycles. The Balaban J connectivity index is 2.40. The van der Waals surface area contributed by atoms with Gasteiger partial charge in [-0.3, -0.25) is 0 Å². The third-order valence-corrected chi connectivity index (χ3v) is 3.38. The van der Waals surface area contributed by atoms with Gasteiger partial charge in [-0.25, -0.2) is 14.2 Å². The molecule has 1 heterocycles. The number of carbonyl (C=O) groups is 1. The van der Waals surface area contributed by atoms with Gasteiger partial charge >= 0.3 is 5.97 Å². The fourth-order valence-corrected chi connectivity index (χ4v) is 2.03. The first-order chi connectivity index (χ1) is 10.5. The molecule has 22 heavy (non-hydrogen) atoms. The Labute approximate surface area is 135 Å². The topological polar surface area (TPSA) is 48.4 Å². The van der Waals surface area contributed by atoms with Crippen LogP contribution in [-0.4, -0.2) is 25.2 Å². The van der Waals surface area contributed by atoms with Crippen molar-refractivity contribution >= 4 is 34.1 Å². The van der Waals surface area contributed by atoms with Crippen LogP contribution in [-0.2, 0) is 4.74 Å². The number of ether oxygens (including phenoxy) is 2. The minimum Gasteiger partial charge on any atom is -0.494 e. The van der Waals surface area contributed by atoms with Crippen LogP contribution in [0.1, 0.15) is 21.5 Å². The second kappa shape index (κ2) is 7.17. The van der Waals surface area contributed by atoms with Gasteiger partial charge in [0.05, 0.1) is 19.8 Å². The molecule has 0 bridgehead atoms. The summed E-state index contributed by atoms with van der Waals surface area (Å²) in [5.74, 6) is -1.12. The molecule has 0 aliphatic heterocycles. The van der Waals surface area contributed by atoms with Crippen molar-refractivity contribution in [1.29, 1.82) is 0 Å².